The van der Waals surface area contributed by atoms with Crippen molar-refractivity contribution in [1.82, 2.24) is 10.3 Å². The average Bonchev–Trinajstić information content (AvgIpc) is 2.94. The fraction of sp³-hybridized carbons (Fsp3) is 0.286. The number of rotatable bonds is 5. The largest absolute Gasteiger partial charge is 0.481 e. The van der Waals surface area contributed by atoms with Crippen LogP contribution in [0.3, 0.4) is 0 Å². The minimum Gasteiger partial charge on any atom is -0.481 e. The van der Waals surface area contributed by atoms with E-state index >= 15 is 0 Å². The van der Waals surface area contributed by atoms with Crippen molar-refractivity contribution in [1.29, 1.82) is 0 Å². The van der Waals surface area contributed by atoms with E-state index in [1.54, 1.807) is 13.3 Å². The number of aryl methyl sites for hydroxylation is 1. The van der Waals surface area contributed by atoms with Gasteiger partial charge in [-0.25, -0.2) is 4.98 Å². The fourth-order valence-electron chi connectivity index (χ4n) is 1.70. The molecule has 0 aliphatic carbocycles. The highest BCUT2D eigenvalue weighted by Gasteiger charge is 2.10. The highest BCUT2D eigenvalue weighted by molar-refractivity contribution is 7.14. The molecule has 0 aromatic carbocycles. The summed E-state index contributed by atoms with van der Waals surface area (Å²) in [5.74, 6) is 0.485. The second-order valence-corrected chi connectivity index (χ2v) is 5.14. The lowest BCUT2D eigenvalue weighted by Gasteiger charge is -2.07. The molecule has 19 heavy (non-hydrogen) atoms. The first-order chi connectivity index (χ1) is 9.24. The molecule has 2 heterocycles. The smallest absolute Gasteiger partial charge is 0.261 e. The zero-order valence-electron chi connectivity index (χ0n) is 11.0. The quantitative estimate of drug-likeness (QED) is 0.913. The summed E-state index contributed by atoms with van der Waals surface area (Å²) < 4.78 is 5.15. The number of nitrogens with zero attached hydrogens (tertiary/aromatic N) is 1. The van der Waals surface area contributed by atoms with Crippen molar-refractivity contribution in [3.63, 3.8) is 0 Å². The first-order valence-electron chi connectivity index (χ1n) is 6.09. The lowest BCUT2D eigenvalue weighted by molar-refractivity contribution is 0.0954. The predicted octanol–water partition coefficient (Wildman–Crippen LogP) is 2.64. The molecule has 5 heteroatoms. The first kappa shape index (κ1) is 13.5. The van der Waals surface area contributed by atoms with Crippen LogP contribution in [0.25, 0.3) is 0 Å². The molecule has 0 aliphatic rings. The van der Waals surface area contributed by atoms with Gasteiger partial charge in [0.05, 0.1) is 12.0 Å². The molecule has 2 aromatic heterocycles. The van der Waals surface area contributed by atoms with Crippen LogP contribution in [0.5, 0.6) is 5.88 Å². The number of hydrogen-bond acceptors (Lipinski definition) is 4. The van der Waals surface area contributed by atoms with Gasteiger partial charge in [0.1, 0.15) is 0 Å². The standard InChI is InChI=1S/C14H16N2O2S/c1-3-11-6-7-12(19-11)13(17)16-9-10-5-4-8-15-14(10)18-2/h4-8H,3,9H2,1-2H3,(H,16,17). The van der Waals surface area contributed by atoms with Crippen LogP contribution in [0.15, 0.2) is 30.5 Å². The Morgan fingerprint density at radius 3 is 2.95 bits per heavy atom. The second kappa shape index (κ2) is 6.33. The zero-order valence-corrected chi connectivity index (χ0v) is 11.8. The van der Waals surface area contributed by atoms with Crippen LogP contribution in [0.2, 0.25) is 0 Å². The first-order valence-corrected chi connectivity index (χ1v) is 6.91. The molecule has 0 aliphatic heterocycles. The van der Waals surface area contributed by atoms with Gasteiger partial charge in [-0.1, -0.05) is 13.0 Å². The van der Waals surface area contributed by atoms with Crippen molar-refractivity contribution in [2.45, 2.75) is 19.9 Å². The number of carbonyl (C=O) groups is 1. The van der Waals surface area contributed by atoms with Gasteiger partial charge in [0.2, 0.25) is 5.88 Å². The number of thiophene rings is 1. The molecule has 100 valence electrons. The summed E-state index contributed by atoms with van der Waals surface area (Å²) in [6.45, 7) is 2.49. The molecule has 2 rings (SSSR count). The van der Waals surface area contributed by atoms with Gasteiger partial charge < -0.3 is 10.1 Å². The van der Waals surface area contributed by atoms with Crippen molar-refractivity contribution in [2.75, 3.05) is 7.11 Å². The van der Waals surface area contributed by atoms with E-state index in [2.05, 4.69) is 17.2 Å². The minimum atomic E-state index is -0.0596. The number of nitrogens with one attached hydrogen (secondary N) is 1. The number of ether oxygens (including phenoxy) is 1. The van der Waals surface area contributed by atoms with Gasteiger partial charge in [-0.3, -0.25) is 4.79 Å². The van der Waals surface area contributed by atoms with E-state index in [0.29, 0.717) is 12.4 Å². The number of amides is 1. The Balaban J connectivity index is 2.00. The van der Waals surface area contributed by atoms with Crippen molar-refractivity contribution in [3.8, 4) is 5.88 Å². The van der Waals surface area contributed by atoms with E-state index in [9.17, 15) is 4.79 Å². The molecule has 0 saturated heterocycles. The lowest BCUT2D eigenvalue weighted by atomic mass is 10.2. The van der Waals surface area contributed by atoms with Crippen molar-refractivity contribution < 1.29 is 9.53 Å². The molecule has 0 bridgehead atoms. The maximum Gasteiger partial charge on any atom is 0.261 e. The van der Waals surface area contributed by atoms with Crippen LogP contribution in [0.4, 0.5) is 0 Å². The molecule has 0 fully saturated rings. The van der Waals surface area contributed by atoms with Crippen LogP contribution in [0.1, 0.15) is 27.0 Å². The van der Waals surface area contributed by atoms with Crippen LogP contribution < -0.4 is 10.1 Å². The van der Waals surface area contributed by atoms with Gasteiger partial charge in [0.25, 0.3) is 5.91 Å². The second-order valence-electron chi connectivity index (χ2n) is 3.97. The molecule has 0 unspecified atom stereocenters. The monoisotopic (exact) mass is 276 g/mol. The molecule has 0 saturated carbocycles. The maximum absolute atomic E-state index is 12.0. The van der Waals surface area contributed by atoms with Crippen LogP contribution in [-0.2, 0) is 13.0 Å². The number of carbonyl (C=O) groups excluding carboxylic acids is 1. The van der Waals surface area contributed by atoms with E-state index in [0.717, 1.165) is 16.9 Å². The topological polar surface area (TPSA) is 51.2 Å². The number of hydrogen-bond donors (Lipinski definition) is 1. The van der Waals surface area contributed by atoms with Crippen LogP contribution >= 0.6 is 11.3 Å². The third kappa shape index (κ3) is 3.32. The Morgan fingerprint density at radius 1 is 1.42 bits per heavy atom. The molecule has 0 spiro atoms. The Morgan fingerprint density at radius 2 is 2.26 bits per heavy atom. The molecule has 0 radical (unpaired) electrons. The van der Waals surface area contributed by atoms with E-state index in [1.165, 1.54) is 16.2 Å². The normalized spacial score (nSPS) is 10.2. The molecular formula is C14H16N2O2S. The van der Waals surface area contributed by atoms with Crippen molar-refractivity contribution in [3.05, 3.63) is 45.8 Å². The summed E-state index contributed by atoms with van der Waals surface area (Å²) in [5, 5.41) is 2.88. The number of pyridine rings is 1. The molecule has 2 aromatic rings. The molecule has 0 atom stereocenters. The summed E-state index contributed by atoms with van der Waals surface area (Å²) in [6, 6.07) is 7.56. The molecule has 4 nitrogen and oxygen atoms in total. The van der Waals surface area contributed by atoms with Gasteiger partial charge in [-0.15, -0.1) is 11.3 Å². The van der Waals surface area contributed by atoms with E-state index in [-0.39, 0.29) is 5.91 Å². The van der Waals surface area contributed by atoms with E-state index in [1.807, 2.05) is 24.3 Å². The number of aromatic nitrogens is 1. The summed E-state index contributed by atoms with van der Waals surface area (Å²) in [6.07, 6.45) is 2.62. The third-order valence-electron chi connectivity index (χ3n) is 2.72. The third-order valence-corrected chi connectivity index (χ3v) is 3.94. The van der Waals surface area contributed by atoms with Gasteiger partial charge in [0.15, 0.2) is 0 Å². The van der Waals surface area contributed by atoms with Crippen LogP contribution in [-0.4, -0.2) is 18.0 Å². The lowest BCUT2D eigenvalue weighted by Crippen LogP contribution is -2.22. The Bertz CT molecular complexity index is 566. The van der Waals surface area contributed by atoms with Crippen molar-refractivity contribution in [2.24, 2.45) is 0 Å². The maximum atomic E-state index is 12.0. The minimum absolute atomic E-state index is 0.0596. The summed E-state index contributed by atoms with van der Waals surface area (Å²) in [5.41, 5.74) is 0.866. The average molecular weight is 276 g/mol. The predicted molar refractivity (Wildman–Crippen MR) is 75.7 cm³/mol. The van der Waals surface area contributed by atoms with Crippen LogP contribution in [0, 0.1) is 0 Å². The molecular weight excluding hydrogens is 260 g/mol. The fourth-order valence-corrected chi connectivity index (χ4v) is 2.56. The summed E-state index contributed by atoms with van der Waals surface area (Å²) in [4.78, 5) is 18.0. The Hall–Kier alpha value is -1.88. The summed E-state index contributed by atoms with van der Waals surface area (Å²) in [7, 11) is 1.57. The van der Waals surface area contributed by atoms with Gasteiger partial charge >= 0.3 is 0 Å². The highest BCUT2D eigenvalue weighted by atomic mass is 32.1. The molecule has 1 N–H and O–H groups in total. The summed E-state index contributed by atoms with van der Waals surface area (Å²) >= 11 is 1.53. The van der Waals surface area contributed by atoms with Gasteiger partial charge in [0, 0.05) is 23.2 Å². The van der Waals surface area contributed by atoms with E-state index < -0.39 is 0 Å². The zero-order chi connectivity index (χ0) is 13.7. The van der Waals surface area contributed by atoms with Crippen molar-refractivity contribution >= 4 is 17.2 Å². The molecule has 1 amide bonds. The van der Waals surface area contributed by atoms with E-state index in [4.69, 9.17) is 4.74 Å². The number of methoxy groups -OCH3 is 1. The highest BCUT2D eigenvalue weighted by Crippen LogP contribution is 2.17. The van der Waals surface area contributed by atoms with Gasteiger partial charge in [-0.2, -0.15) is 0 Å². The van der Waals surface area contributed by atoms with Gasteiger partial charge in [-0.05, 0) is 24.6 Å². The Labute approximate surface area is 116 Å². The Kier molecular flexibility index (Phi) is 4.52. The SMILES string of the molecule is CCc1ccc(C(=O)NCc2cccnc2OC)s1.